The molecule has 1 saturated carbocycles. The third kappa shape index (κ3) is 3.09. The molecule has 7 nitrogen and oxygen atoms in total. The van der Waals surface area contributed by atoms with Gasteiger partial charge in [0.25, 0.3) is 5.69 Å². The maximum absolute atomic E-state index is 12.8. The van der Waals surface area contributed by atoms with Crippen molar-refractivity contribution in [2.24, 2.45) is 17.8 Å². The minimum Gasteiger partial charge on any atom is -0.366 e. The van der Waals surface area contributed by atoms with Crippen LogP contribution in [0.4, 0.5) is 17.1 Å². The minimum atomic E-state index is -0.408. The van der Waals surface area contributed by atoms with Crippen molar-refractivity contribution in [1.29, 1.82) is 0 Å². The Morgan fingerprint density at radius 1 is 1.00 bits per heavy atom. The molecule has 27 heavy (non-hydrogen) atoms. The summed E-state index contributed by atoms with van der Waals surface area (Å²) in [6, 6.07) is 4.79. The van der Waals surface area contributed by atoms with Crippen LogP contribution in [-0.2, 0) is 9.59 Å². The predicted octanol–water partition coefficient (Wildman–Crippen LogP) is 3.51. The Kier molecular flexibility index (Phi) is 4.61. The Morgan fingerprint density at radius 2 is 1.59 bits per heavy atom. The van der Waals surface area contributed by atoms with Crippen molar-refractivity contribution in [2.75, 3.05) is 22.9 Å². The summed E-state index contributed by atoms with van der Waals surface area (Å²) in [4.78, 5) is 40.1. The highest BCUT2D eigenvalue weighted by Gasteiger charge is 2.49. The summed E-state index contributed by atoms with van der Waals surface area (Å²) in [6.07, 6.45) is 5.40. The molecule has 1 aromatic rings. The molecule has 0 spiro atoms. The molecular formula is C20H25N3O4. The number of nitrogens with zero attached hydrogens (tertiary/aromatic N) is 3. The maximum Gasteiger partial charge on any atom is 0.294 e. The summed E-state index contributed by atoms with van der Waals surface area (Å²) in [7, 11) is 0. The molecular weight excluding hydrogens is 346 g/mol. The van der Waals surface area contributed by atoms with Gasteiger partial charge in [-0.05, 0) is 43.7 Å². The molecule has 2 amide bonds. The molecule has 1 aromatic carbocycles. The van der Waals surface area contributed by atoms with E-state index in [-0.39, 0.29) is 29.3 Å². The number of nitro benzene ring substituents is 1. The first kappa shape index (κ1) is 17.9. The molecule has 2 heterocycles. The smallest absolute Gasteiger partial charge is 0.294 e. The number of nitro groups is 1. The number of anilines is 2. The van der Waals surface area contributed by atoms with Crippen LogP contribution in [0.1, 0.15) is 45.4 Å². The lowest BCUT2D eigenvalue weighted by atomic mass is 9.81. The van der Waals surface area contributed by atoms with Gasteiger partial charge >= 0.3 is 0 Å². The molecule has 2 saturated heterocycles. The third-order valence-corrected chi connectivity index (χ3v) is 6.38. The maximum atomic E-state index is 12.8. The summed E-state index contributed by atoms with van der Waals surface area (Å²) < 4.78 is 0. The number of imide groups is 1. The van der Waals surface area contributed by atoms with Gasteiger partial charge in [-0.2, -0.15) is 0 Å². The Bertz CT molecular complexity index is 761. The zero-order chi connectivity index (χ0) is 19.1. The zero-order valence-electron chi connectivity index (χ0n) is 15.6. The summed E-state index contributed by atoms with van der Waals surface area (Å²) >= 11 is 0. The number of benzene rings is 1. The molecule has 3 aliphatic rings. The lowest BCUT2D eigenvalue weighted by molar-refractivity contribution is -0.384. The summed E-state index contributed by atoms with van der Waals surface area (Å²) in [5.41, 5.74) is 0.880. The van der Waals surface area contributed by atoms with Crippen LogP contribution in [0.15, 0.2) is 18.2 Å². The number of rotatable bonds is 3. The Balaban J connectivity index is 1.66. The van der Waals surface area contributed by atoms with Gasteiger partial charge in [-0.25, -0.2) is 4.90 Å². The van der Waals surface area contributed by atoms with Crippen LogP contribution in [0.25, 0.3) is 0 Å². The lowest BCUT2D eigenvalue weighted by Crippen LogP contribution is -2.34. The Labute approximate surface area is 158 Å². The van der Waals surface area contributed by atoms with Crippen LogP contribution in [0.2, 0.25) is 0 Å². The van der Waals surface area contributed by atoms with E-state index in [2.05, 4.69) is 6.92 Å². The molecule has 1 aliphatic carbocycles. The predicted molar refractivity (Wildman–Crippen MR) is 102 cm³/mol. The summed E-state index contributed by atoms with van der Waals surface area (Å²) in [5, 5.41) is 11.7. The quantitative estimate of drug-likeness (QED) is 0.461. The lowest BCUT2D eigenvalue weighted by Gasteiger charge is -2.32. The van der Waals surface area contributed by atoms with E-state index in [0.717, 1.165) is 51.6 Å². The van der Waals surface area contributed by atoms with E-state index >= 15 is 0 Å². The minimum absolute atomic E-state index is 0.0301. The molecule has 4 rings (SSSR count). The van der Waals surface area contributed by atoms with Crippen molar-refractivity contribution >= 4 is 28.9 Å². The van der Waals surface area contributed by atoms with Crippen LogP contribution in [0.3, 0.4) is 0 Å². The molecule has 0 aromatic heterocycles. The van der Waals surface area contributed by atoms with Crippen molar-refractivity contribution in [3.8, 4) is 0 Å². The van der Waals surface area contributed by atoms with Gasteiger partial charge in [-0.15, -0.1) is 0 Å². The fourth-order valence-electron chi connectivity index (χ4n) is 4.73. The molecule has 7 heteroatoms. The van der Waals surface area contributed by atoms with Gasteiger partial charge in [0.2, 0.25) is 11.8 Å². The monoisotopic (exact) mass is 371 g/mol. The first-order valence-electron chi connectivity index (χ1n) is 9.88. The van der Waals surface area contributed by atoms with Crippen molar-refractivity contribution in [2.45, 2.75) is 45.4 Å². The van der Waals surface area contributed by atoms with Crippen LogP contribution in [-0.4, -0.2) is 29.8 Å². The third-order valence-electron chi connectivity index (χ3n) is 6.38. The average Bonchev–Trinajstić information content (AvgIpc) is 2.93. The van der Waals surface area contributed by atoms with Gasteiger partial charge in [0.15, 0.2) is 0 Å². The van der Waals surface area contributed by atoms with Crippen LogP contribution < -0.4 is 9.80 Å². The molecule has 0 unspecified atom stereocenters. The number of hydrogen-bond donors (Lipinski definition) is 0. The Morgan fingerprint density at radius 3 is 2.15 bits per heavy atom. The zero-order valence-corrected chi connectivity index (χ0v) is 15.6. The summed E-state index contributed by atoms with van der Waals surface area (Å²) in [5.74, 6) is -0.276. The van der Waals surface area contributed by atoms with E-state index in [0.29, 0.717) is 17.3 Å². The second-order valence-electron chi connectivity index (χ2n) is 8.11. The van der Waals surface area contributed by atoms with Crippen LogP contribution in [0.5, 0.6) is 0 Å². The van der Waals surface area contributed by atoms with E-state index < -0.39 is 4.92 Å². The fraction of sp³-hybridized carbons (Fsp3) is 0.600. The van der Waals surface area contributed by atoms with Crippen molar-refractivity contribution in [3.05, 3.63) is 28.3 Å². The Hall–Kier alpha value is -2.44. The van der Waals surface area contributed by atoms with Crippen LogP contribution in [0, 0.1) is 27.9 Å². The molecule has 0 radical (unpaired) electrons. The van der Waals surface area contributed by atoms with Crippen molar-refractivity contribution < 1.29 is 14.5 Å². The van der Waals surface area contributed by atoms with Gasteiger partial charge < -0.3 is 4.90 Å². The number of piperidine rings is 1. The van der Waals surface area contributed by atoms with E-state index in [1.165, 1.54) is 11.0 Å². The molecule has 144 valence electrons. The topological polar surface area (TPSA) is 83.8 Å². The average molecular weight is 371 g/mol. The van der Waals surface area contributed by atoms with E-state index in [9.17, 15) is 19.7 Å². The number of carbonyl (C=O) groups excluding carboxylic acids is 2. The number of fused-ring (bicyclic) bond motifs is 1. The fourth-order valence-corrected chi connectivity index (χ4v) is 4.73. The summed E-state index contributed by atoms with van der Waals surface area (Å²) in [6.45, 7) is 3.76. The van der Waals surface area contributed by atoms with Crippen molar-refractivity contribution in [1.82, 2.24) is 0 Å². The second-order valence-corrected chi connectivity index (χ2v) is 8.11. The first-order valence-corrected chi connectivity index (χ1v) is 9.88. The molecule has 3 fully saturated rings. The number of hydrogen-bond acceptors (Lipinski definition) is 5. The normalized spacial score (nSPS) is 26.4. The highest BCUT2D eigenvalue weighted by molar-refractivity contribution is 6.22. The standard InChI is InChI=1S/C20H25N3O4/c1-13-8-10-21(11-9-13)17-7-6-14(12-18(17)23(26)27)22-19(24)15-4-2-3-5-16(15)20(22)25/h6-7,12-13,15-16H,2-5,8-11H2,1H3/t15-,16-/m1/s1. The van der Waals surface area contributed by atoms with E-state index in [1.54, 1.807) is 12.1 Å². The molecule has 0 N–H and O–H groups in total. The highest BCUT2D eigenvalue weighted by atomic mass is 16.6. The van der Waals surface area contributed by atoms with Gasteiger partial charge in [-0.1, -0.05) is 19.8 Å². The van der Waals surface area contributed by atoms with Gasteiger partial charge in [0, 0.05) is 19.2 Å². The van der Waals surface area contributed by atoms with E-state index in [1.807, 2.05) is 4.90 Å². The first-order chi connectivity index (χ1) is 13.0. The second kappa shape index (κ2) is 6.94. The van der Waals surface area contributed by atoms with Gasteiger partial charge in [-0.3, -0.25) is 19.7 Å². The highest BCUT2D eigenvalue weighted by Crippen LogP contribution is 2.42. The van der Waals surface area contributed by atoms with Crippen LogP contribution >= 0.6 is 0 Å². The largest absolute Gasteiger partial charge is 0.366 e. The molecule has 2 atom stereocenters. The van der Waals surface area contributed by atoms with Gasteiger partial charge in [0.05, 0.1) is 22.4 Å². The van der Waals surface area contributed by atoms with Gasteiger partial charge in [0.1, 0.15) is 5.69 Å². The number of carbonyl (C=O) groups is 2. The van der Waals surface area contributed by atoms with Crippen molar-refractivity contribution in [3.63, 3.8) is 0 Å². The number of amides is 2. The SMILES string of the molecule is CC1CCN(c2ccc(N3C(=O)[C@@H]4CCCC[C@H]4C3=O)cc2[N+](=O)[O-])CC1. The molecule has 2 aliphatic heterocycles. The molecule has 0 bridgehead atoms. The van der Waals surface area contributed by atoms with E-state index in [4.69, 9.17) is 0 Å².